The van der Waals surface area contributed by atoms with Gasteiger partial charge < -0.3 is 9.88 Å². The Hall–Kier alpha value is -2.48. The third-order valence-electron chi connectivity index (χ3n) is 4.03. The molecule has 0 amide bonds. The maximum atomic E-state index is 10.8. The Morgan fingerprint density at radius 1 is 1.38 bits per heavy atom. The number of fused-ring (bicyclic) bond motifs is 1. The molecule has 0 aliphatic heterocycles. The third kappa shape index (κ3) is 2.73. The van der Waals surface area contributed by atoms with Crippen LogP contribution in [0.1, 0.15) is 24.7 Å². The molecule has 2 heterocycles. The highest BCUT2D eigenvalue weighted by Crippen LogP contribution is 2.38. The number of anilines is 1. The van der Waals surface area contributed by atoms with Gasteiger partial charge in [0, 0.05) is 12.1 Å². The number of aromatic nitrogens is 3. The number of imidazole rings is 1. The summed E-state index contributed by atoms with van der Waals surface area (Å²) in [7, 11) is 0. The molecule has 2 aromatic heterocycles. The Kier molecular flexibility index (Phi) is 3.68. The van der Waals surface area contributed by atoms with Gasteiger partial charge in [-0.3, -0.25) is 10.1 Å². The zero-order valence-corrected chi connectivity index (χ0v) is 14.2. The van der Waals surface area contributed by atoms with Crippen LogP contribution in [0.25, 0.3) is 11.0 Å². The fraction of sp³-hybridized carbons (Fsp3) is 0.250. The number of nitrogens with one attached hydrogen (secondary N) is 1. The maximum Gasteiger partial charge on any atom is 0.288 e. The van der Waals surface area contributed by atoms with Crippen molar-refractivity contribution in [2.24, 2.45) is 0 Å². The first-order valence-corrected chi connectivity index (χ1v) is 8.42. The van der Waals surface area contributed by atoms with Crippen molar-refractivity contribution >= 4 is 38.5 Å². The van der Waals surface area contributed by atoms with Gasteiger partial charge in [-0.25, -0.2) is 9.97 Å². The number of halogens is 1. The quantitative estimate of drug-likeness (QED) is 0.527. The van der Waals surface area contributed by atoms with E-state index in [0.717, 1.165) is 16.9 Å². The molecule has 1 saturated carbocycles. The van der Waals surface area contributed by atoms with Gasteiger partial charge in [0.2, 0.25) is 0 Å². The Balaban J connectivity index is 1.61. The summed E-state index contributed by atoms with van der Waals surface area (Å²) in [5.41, 5.74) is 2.09. The minimum atomic E-state index is -0.464. The van der Waals surface area contributed by atoms with Crippen molar-refractivity contribution < 1.29 is 4.92 Å². The molecule has 1 aliphatic carbocycles. The molecular formula is C16H14BrN5O2. The smallest absolute Gasteiger partial charge is 0.288 e. The third-order valence-corrected chi connectivity index (χ3v) is 4.64. The molecule has 7 nitrogen and oxygen atoms in total. The normalized spacial score (nSPS) is 14.0. The largest absolute Gasteiger partial charge is 0.362 e. The summed E-state index contributed by atoms with van der Waals surface area (Å²) in [5, 5.41) is 14.0. The van der Waals surface area contributed by atoms with E-state index in [4.69, 9.17) is 4.98 Å². The van der Waals surface area contributed by atoms with Gasteiger partial charge in [0.05, 0.1) is 27.0 Å². The molecule has 4 rings (SSSR count). The van der Waals surface area contributed by atoms with Crippen molar-refractivity contribution in [2.45, 2.75) is 25.4 Å². The zero-order valence-electron chi connectivity index (χ0n) is 12.6. The SMILES string of the molecule is O=[N+]([O-])c1cnc(NCc2nc3ccccc3n2C2CC2)c(Br)c1. The number of para-hydroxylation sites is 2. The number of hydrogen-bond donors (Lipinski definition) is 1. The van der Waals surface area contributed by atoms with Gasteiger partial charge >= 0.3 is 0 Å². The number of hydrogen-bond acceptors (Lipinski definition) is 5. The topological polar surface area (TPSA) is 85.9 Å². The van der Waals surface area contributed by atoms with Crippen LogP contribution in [-0.4, -0.2) is 19.5 Å². The first kappa shape index (κ1) is 15.1. The van der Waals surface area contributed by atoms with Crippen LogP contribution in [-0.2, 0) is 6.54 Å². The van der Waals surface area contributed by atoms with Gasteiger partial charge in [0.15, 0.2) is 0 Å². The van der Waals surface area contributed by atoms with Gasteiger partial charge in [0.25, 0.3) is 5.69 Å². The molecule has 0 atom stereocenters. The number of benzene rings is 1. The van der Waals surface area contributed by atoms with E-state index in [9.17, 15) is 10.1 Å². The highest BCUT2D eigenvalue weighted by atomic mass is 79.9. The number of pyridine rings is 1. The van der Waals surface area contributed by atoms with Crippen molar-refractivity contribution in [3.05, 3.63) is 56.9 Å². The molecular weight excluding hydrogens is 374 g/mol. The van der Waals surface area contributed by atoms with Crippen molar-refractivity contribution in [3.63, 3.8) is 0 Å². The van der Waals surface area contributed by atoms with Gasteiger partial charge in [-0.2, -0.15) is 0 Å². The predicted octanol–water partition coefficient (Wildman–Crippen LogP) is 4.05. The maximum absolute atomic E-state index is 10.8. The van der Waals surface area contributed by atoms with E-state index >= 15 is 0 Å². The molecule has 24 heavy (non-hydrogen) atoms. The molecule has 0 radical (unpaired) electrons. The molecule has 3 aromatic rings. The van der Waals surface area contributed by atoms with Crippen LogP contribution >= 0.6 is 15.9 Å². The summed E-state index contributed by atoms with van der Waals surface area (Å²) >= 11 is 3.33. The van der Waals surface area contributed by atoms with Gasteiger partial charge in [0.1, 0.15) is 17.8 Å². The monoisotopic (exact) mass is 387 g/mol. The van der Waals surface area contributed by atoms with Crippen LogP contribution in [0, 0.1) is 10.1 Å². The summed E-state index contributed by atoms with van der Waals surface area (Å²) in [6, 6.07) is 10.1. The van der Waals surface area contributed by atoms with Gasteiger partial charge in [-0.1, -0.05) is 12.1 Å². The molecule has 0 bridgehead atoms. The molecule has 0 saturated heterocycles. The van der Waals surface area contributed by atoms with Crippen molar-refractivity contribution in [1.29, 1.82) is 0 Å². The minimum absolute atomic E-state index is 0.0438. The molecule has 0 spiro atoms. The molecule has 1 aliphatic rings. The van der Waals surface area contributed by atoms with E-state index in [1.54, 1.807) is 0 Å². The Morgan fingerprint density at radius 2 is 2.17 bits per heavy atom. The Morgan fingerprint density at radius 3 is 2.88 bits per heavy atom. The van der Waals surface area contributed by atoms with E-state index in [2.05, 4.69) is 36.9 Å². The summed E-state index contributed by atoms with van der Waals surface area (Å²) in [5.74, 6) is 1.51. The van der Waals surface area contributed by atoms with Gasteiger partial charge in [-0.15, -0.1) is 0 Å². The van der Waals surface area contributed by atoms with Crippen molar-refractivity contribution in [3.8, 4) is 0 Å². The highest BCUT2D eigenvalue weighted by molar-refractivity contribution is 9.10. The zero-order chi connectivity index (χ0) is 16.7. The Bertz CT molecular complexity index is 935. The summed E-state index contributed by atoms with van der Waals surface area (Å²) < 4.78 is 2.84. The van der Waals surface area contributed by atoms with Crippen LogP contribution in [0.3, 0.4) is 0 Å². The number of nitrogens with zero attached hydrogens (tertiary/aromatic N) is 4. The van der Waals surface area contributed by atoms with E-state index in [0.29, 0.717) is 22.9 Å². The fourth-order valence-corrected chi connectivity index (χ4v) is 3.26. The minimum Gasteiger partial charge on any atom is -0.362 e. The Labute approximate surface area is 146 Å². The van der Waals surface area contributed by atoms with E-state index < -0.39 is 4.92 Å². The second-order valence-electron chi connectivity index (χ2n) is 5.75. The second kappa shape index (κ2) is 5.86. The van der Waals surface area contributed by atoms with Crippen LogP contribution in [0.15, 0.2) is 41.0 Å². The van der Waals surface area contributed by atoms with Crippen LogP contribution in [0.5, 0.6) is 0 Å². The average Bonchev–Trinajstić information content (AvgIpc) is 3.34. The lowest BCUT2D eigenvalue weighted by Gasteiger charge is -2.10. The standard InChI is InChI=1S/C16H14BrN5O2/c17-12-7-11(22(23)24)8-18-16(12)19-9-15-20-13-3-1-2-4-14(13)21(15)10-5-6-10/h1-4,7-8,10H,5-6,9H2,(H,18,19). The lowest BCUT2D eigenvalue weighted by molar-refractivity contribution is -0.385. The summed E-state index contributed by atoms with van der Waals surface area (Å²) in [4.78, 5) is 19.2. The van der Waals surface area contributed by atoms with Gasteiger partial charge in [-0.05, 0) is 40.9 Å². The summed E-state index contributed by atoms with van der Waals surface area (Å²) in [6.45, 7) is 0.509. The molecule has 122 valence electrons. The second-order valence-corrected chi connectivity index (χ2v) is 6.61. The predicted molar refractivity (Wildman–Crippen MR) is 93.9 cm³/mol. The fourth-order valence-electron chi connectivity index (χ4n) is 2.78. The lowest BCUT2D eigenvalue weighted by atomic mass is 10.3. The van der Waals surface area contributed by atoms with E-state index in [-0.39, 0.29) is 5.69 Å². The lowest BCUT2D eigenvalue weighted by Crippen LogP contribution is -2.09. The van der Waals surface area contributed by atoms with Crippen LogP contribution < -0.4 is 5.32 Å². The van der Waals surface area contributed by atoms with Crippen LogP contribution in [0.4, 0.5) is 11.5 Å². The molecule has 1 aromatic carbocycles. The number of nitro groups is 1. The van der Waals surface area contributed by atoms with E-state index in [1.165, 1.54) is 25.1 Å². The molecule has 1 N–H and O–H groups in total. The molecule has 0 unspecified atom stereocenters. The number of rotatable bonds is 5. The van der Waals surface area contributed by atoms with Crippen molar-refractivity contribution in [2.75, 3.05) is 5.32 Å². The summed E-state index contributed by atoms with van der Waals surface area (Å²) in [6.07, 6.45) is 3.59. The van der Waals surface area contributed by atoms with Crippen molar-refractivity contribution in [1.82, 2.24) is 14.5 Å². The first-order valence-electron chi connectivity index (χ1n) is 7.63. The van der Waals surface area contributed by atoms with E-state index in [1.807, 2.05) is 18.2 Å². The molecule has 8 heteroatoms. The highest BCUT2D eigenvalue weighted by Gasteiger charge is 2.28. The van der Waals surface area contributed by atoms with Crippen LogP contribution in [0.2, 0.25) is 0 Å². The molecule has 1 fully saturated rings. The average molecular weight is 388 g/mol. The first-order chi connectivity index (χ1) is 11.6.